The predicted molar refractivity (Wildman–Crippen MR) is 67.1 cm³/mol. The van der Waals surface area contributed by atoms with Crippen molar-refractivity contribution in [2.45, 2.75) is 6.92 Å². The Balaban J connectivity index is 2.39. The van der Waals surface area contributed by atoms with Crippen molar-refractivity contribution in [2.75, 3.05) is 37.9 Å². The molecule has 1 aromatic heterocycles. The van der Waals surface area contributed by atoms with Gasteiger partial charge in [-0.3, -0.25) is 0 Å². The highest BCUT2D eigenvalue weighted by molar-refractivity contribution is 5.66. The first-order valence-electron chi connectivity index (χ1n) is 5.25. The van der Waals surface area contributed by atoms with Crippen molar-refractivity contribution in [3.05, 3.63) is 18.5 Å². The van der Waals surface area contributed by atoms with E-state index in [1.54, 1.807) is 0 Å². The lowest BCUT2D eigenvalue weighted by atomic mass is 10.4. The molecule has 6 nitrogen and oxygen atoms in total. The first kappa shape index (κ1) is 13.2. The average molecular weight is 238 g/mol. The van der Waals surface area contributed by atoms with Gasteiger partial charge in [-0.2, -0.15) is 4.98 Å². The number of rotatable bonds is 7. The molecule has 0 saturated heterocycles. The molecule has 0 radical (unpaired) electrons. The lowest BCUT2D eigenvalue weighted by molar-refractivity contribution is 0.167. The molecule has 0 aliphatic carbocycles. The van der Waals surface area contributed by atoms with Crippen molar-refractivity contribution >= 4 is 11.5 Å². The predicted octanol–water partition coefficient (Wildman–Crippen LogP) is 1.07. The molecule has 0 aliphatic rings. The third kappa shape index (κ3) is 4.28. The van der Waals surface area contributed by atoms with E-state index in [1.165, 1.54) is 13.4 Å². The van der Waals surface area contributed by atoms with E-state index in [0.29, 0.717) is 37.1 Å². The molecule has 0 saturated carbocycles. The molecule has 17 heavy (non-hydrogen) atoms. The van der Waals surface area contributed by atoms with Gasteiger partial charge in [-0.15, -0.1) is 0 Å². The molecule has 0 spiro atoms. The molecular weight excluding hydrogens is 220 g/mol. The minimum absolute atomic E-state index is 0.366. The summed E-state index contributed by atoms with van der Waals surface area (Å²) in [6.45, 7) is 7.39. The minimum Gasteiger partial charge on any atom is -0.479 e. The SMILES string of the molecule is C=C(C)COCCNc1ncnc(OC)c1N. The van der Waals surface area contributed by atoms with Gasteiger partial charge >= 0.3 is 0 Å². The van der Waals surface area contributed by atoms with Crippen LogP contribution in [0.3, 0.4) is 0 Å². The van der Waals surface area contributed by atoms with Gasteiger partial charge in [-0.25, -0.2) is 4.98 Å². The van der Waals surface area contributed by atoms with Crippen molar-refractivity contribution in [3.8, 4) is 5.88 Å². The maximum Gasteiger partial charge on any atom is 0.242 e. The maximum atomic E-state index is 5.79. The highest BCUT2D eigenvalue weighted by Crippen LogP contribution is 2.23. The van der Waals surface area contributed by atoms with Crippen LogP contribution in [-0.2, 0) is 4.74 Å². The van der Waals surface area contributed by atoms with Crippen molar-refractivity contribution in [1.29, 1.82) is 0 Å². The van der Waals surface area contributed by atoms with Crippen LogP contribution in [0.4, 0.5) is 11.5 Å². The second kappa shape index (κ2) is 6.70. The fourth-order valence-electron chi connectivity index (χ4n) is 1.17. The topological polar surface area (TPSA) is 82.3 Å². The van der Waals surface area contributed by atoms with Crippen molar-refractivity contribution in [3.63, 3.8) is 0 Å². The lowest BCUT2D eigenvalue weighted by Gasteiger charge is -2.10. The van der Waals surface area contributed by atoms with Crippen LogP contribution >= 0.6 is 0 Å². The fraction of sp³-hybridized carbons (Fsp3) is 0.455. The van der Waals surface area contributed by atoms with Crippen LogP contribution < -0.4 is 15.8 Å². The number of nitrogen functional groups attached to an aromatic ring is 1. The van der Waals surface area contributed by atoms with Gasteiger partial charge < -0.3 is 20.5 Å². The van der Waals surface area contributed by atoms with Crippen LogP contribution in [0, 0.1) is 0 Å². The maximum absolute atomic E-state index is 5.79. The average Bonchev–Trinajstić information content (AvgIpc) is 2.30. The number of methoxy groups -OCH3 is 1. The zero-order valence-electron chi connectivity index (χ0n) is 10.2. The molecule has 0 bridgehead atoms. The van der Waals surface area contributed by atoms with E-state index in [-0.39, 0.29) is 0 Å². The summed E-state index contributed by atoms with van der Waals surface area (Å²) in [5.41, 5.74) is 7.18. The second-order valence-corrected chi connectivity index (χ2v) is 3.58. The van der Waals surface area contributed by atoms with E-state index in [9.17, 15) is 0 Å². The van der Waals surface area contributed by atoms with Crippen molar-refractivity contribution in [2.24, 2.45) is 0 Å². The van der Waals surface area contributed by atoms with Gasteiger partial charge in [0.05, 0.1) is 20.3 Å². The van der Waals surface area contributed by atoms with E-state index >= 15 is 0 Å². The molecule has 0 atom stereocenters. The third-order valence-corrected chi connectivity index (χ3v) is 1.93. The van der Waals surface area contributed by atoms with Gasteiger partial charge in [0.1, 0.15) is 12.0 Å². The number of aromatic nitrogens is 2. The summed E-state index contributed by atoms with van der Waals surface area (Å²) in [6.07, 6.45) is 1.40. The van der Waals surface area contributed by atoms with Crippen molar-refractivity contribution in [1.82, 2.24) is 9.97 Å². The number of nitrogens with two attached hydrogens (primary N) is 1. The Labute approximate surface area is 101 Å². The quantitative estimate of drug-likeness (QED) is 0.546. The third-order valence-electron chi connectivity index (χ3n) is 1.93. The second-order valence-electron chi connectivity index (χ2n) is 3.58. The molecule has 0 unspecified atom stereocenters. The minimum atomic E-state index is 0.366. The van der Waals surface area contributed by atoms with E-state index < -0.39 is 0 Å². The molecule has 3 N–H and O–H groups in total. The highest BCUT2D eigenvalue weighted by Gasteiger charge is 2.06. The Morgan fingerprint density at radius 2 is 2.29 bits per heavy atom. The Kier molecular flexibility index (Phi) is 5.22. The first-order chi connectivity index (χ1) is 8.15. The summed E-state index contributed by atoms with van der Waals surface area (Å²) in [5, 5.41) is 3.05. The van der Waals surface area contributed by atoms with Crippen LogP contribution in [-0.4, -0.2) is 36.8 Å². The molecule has 0 aliphatic heterocycles. The molecule has 0 aromatic carbocycles. The normalized spacial score (nSPS) is 10.0. The summed E-state index contributed by atoms with van der Waals surface area (Å²) in [5.74, 6) is 0.918. The molecule has 1 rings (SSSR count). The zero-order valence-corrected chi connectivity index (χ0v) is 10.2. The number of hydrogen-bond acceptors (Lipinski definition) is 6. The molecule has 1 heterocycles. The number of hydrogen-bond donors (Lipinski definition) is 2. The Hall–Kier alpha value is -1.82. The molecule has 6 heteroatoms. The summed E-state index contributed by atoms with van der Waals surface area (Å²) in [4.78, 5) is 7.90. The summed E-state index contributed by atoms with van der Waals surface area (Å²) < 4.78 is 10.3. The smallest absolute Gasteiger partial charge is 0.242 e. The lowest BCUT2D eigenvalue weighted by Crippen LogP contribution is -2.13. The zero-order chi connectivity index (χ0) is 12.7. The Morgan fingerprint density at radius 1 is 1.53 bits per heavy atom. The Morgan fingerprint density at radius 3 is 2.94 bits per heavy atom. The van der Waals surface area contributed by atoms with Gasteiger partial charge in [0.15, 0.2) is 5.82 Å². The molecule has 94 valence electrons. The summed E-state index contributed by atoms with van der Waals surface area (Å²) in [7, 11) is 1.51. The first-order valence-corrected chi connectivity index (χ1v) is 5.25. The number of anilines is 2. The van der Waals surface area contributed by atoms with Crippen molar-refractivity contribution < 1.29 is 9.47 Å². The van der Waals surface area contributed by atoms with Gasteiger partial charge in [0.25, 0.3) is 0 Å². The standard InChI is InChI=1S/C11H18N4O2/c1-8(2)6-17-5-4-13-10-9(12)11(16-3)15-7-14-10/h7H,1,4-6,12H2,2-3H3,(H,13,14,15). The van der Waals surface area contributed by atoms with Gasteiger partial charge in [-0.05, 0) is 6.92 Å². The van der Waals surface area contributed by atoms with Gasteiger partial charge in [-0.1, -0.05) is 12.2 Å². The van der Waals surface area contributed by atoms with Crippen LogP contribution in [0.5, 0.6) is 5.88 Å². The summed E-state index contributed by atoms with van der Waals surface area (Å²) >= 11 is 0. The highest BCUT2D eigenvalue weighted by atomic mass is 16.5. The Bertz CT molecular complexity index is 382. The van der Waals surface area contributed by atoms with Gasteiger partial charge in [0.2, 0.25) is 5.88 Å². The number of nitrogens with one attached hydrogen (secondary N) is 1. The molecule has 0 fully saturated rings. The van der Waals surface area contributed by atoms with Crippen LogP contribution in [0.25, 0.3) is 0 Å². The van der Waals surface area contributed by atoms with E-state index in [4.69, 9.17) is 15.2 Å². The molecule has 1 aromatic rings. The van der Waals surface area contributed by atoms with E-state index in [1.807, 2.05) is 6.92 Å². The van der Waals surface area contributed by atoms with Crippen LogP contribution in [0.15, 0.2) is 18.5 Å². The van der Waals surface area contributed by atoms with Gasteiger partial charge in [0, 0.05) is 6.54 Å². The largest absolute Gasteiger partial charge is 0.479 e. The van der Waals surface area contributed by atoms with Crippen LogP contribution in [0.1, 0.15) is 6.92 Å². The summed E-state index contributed by atoms with van der Waals surface area (Å²) in [6, 6.07) is 0. The molecule has 0 amide bonds. The monoisotopic (exact) mass is 238 g/mol. The number of nitrogens with zero attached hydrogens (tertiary/aromatic N) is 2. The van der Waals surface area contributed by atoms with Crippen LogP contribution in [0.2, 0.25) is 0 Å². The number of ether oxygens (including phenoxy) is 2. The fourth-order valence-corrected chi connectivity index (χ4v) is 1.17. The van der Waals surface area contributed by atoms with E-state index in [2.05, 4.69) is 21.9 Å². The van der Waals surface area contributed by atoms with E-state index in [0.717, 1.165) is 5.57 Å². The molecular formula is C11H18N4O2.